The summed E-state index contributed by atoms with van der Waals surface area (Å²) in [5.74, 6) is -0.668. The summed E-state index contributed by atoms with van der Waals surface area (Å²) >= 11 is 0. The van der Waals surface area contributed by atoms with Gasteiger partial charge in [-0.15, -0.1) is 0 Å². The highest BCUT2D eigenvalue weighted by Gasteiger charge is 2.29. The predicted octanol–water partition coefficient (Wildman–Crippen LogP) is 2.33. The summed E-state index contributed by atoms with van der Waals surface area (Å²) in [5, 5.41) is 0. The standard InChI is InChI=1S/C12H17NO4/c1-6(14)8-7(2)16-10(13)9(8)11(15)17-12(3,4)5/h13H2,1-5H3. The number of nitrogen functional groups attached to an aromatic ring is 1. The molecule has 2 N–H and O–H groups in total. The molecular weight excluding hydrogens is 222 g/mol. The Morgan fingerprint density at radius 1 is 1.24 bits per heavy atom. The maximum absolute atomic E-state index is 11.9. The summed E-state index contributed by atoms with van der Waals surface area (Å²) < 4.78 is 10.3. The molecule has 0 atom stereocenters. The second-order valence-corrected chi connectivity index (χ2v) is 4.83. The van der Waals surface area contributed by atoms with Crippen molar-refractivity contribution in [1.29, 1.82) is 0 Å². The van der Waals surface area contributed by atoms with E-state index in [0.29, 0.717) is 5.76 Å². The molecular formula is C12H17NO4. The summed E-state index contributed by atoms with van der Waals surface area (Å²) in [6.45, 7) is 8.15. The summed E-state index contributed by atoms with van der Waals surface area (Å²) in [5.41, 5.74) is 5.14. The van der Waals surface area contributed by atoms with Crippen LogP contribution in [0.5, 0.6) is 0 Å². The van der Waals surface area contributed by atoms with Crippen LogP contribution >= 0.6 is 0 Å². The lowest BCUT2D eigenvalue weighted by Gasteiger charge is -2.19. The molecule has 0 fully saturated rings. The third-order valence-corrected chi connectivity index (χ3v) is 2.07. The molecule has 0 aliphatic rings. The minimum absolute atomic E-state index is 0.0184. The van der Waals surface area contributed by atoms with Gasteiger partial charge >= 0.3 is 5.97 Å². The normalized spacial score (nSPS) is 11.4. The molecule has 0 bridgehead atoms. The monoisotopic (exact) mass is 239 g/mol. The van der Waals surface area contributed by atoms with Gasteiger partial charge < -0.3 is 14.9 Å². The van der Waals surface area contributed by atoms with Gasteiger partial charge in [0.05, 0.1) is 5.56 Å². The lowest BCUT2D eigenvalue weighted by molar-refractivity contribution is 0.00688. The molecule has 1 heterocycles. The van der Waals surface area contributed by atoms with E-state index in [-0.39, 0.29) is 22.8 Å². The van der Waals surface area contributed by atoms with E-state index in [1.807, 2.05) is 0 Å². The number of hydrogen-bond acceptors (Lipinski definition) is 5. The van der Waals surface area contributed by atoms with E-state index in [2.05, 4.69) is 0 Å². The number of rotatable bonds is 2. The largest absolute Gasteiger partial charge is 0.456 e. The van der Waals surface area contributed by atoms with Crippen molar-refractivity contribution in [2.24, 2.45) is 0 Å². The predicted molar refractivity (Wildman–Crippen MR) is 63.0 cm³/mol. The van der Waals surface area contributed by atoms with E-state index >= 15 is 0 Å². The first-order valence-electron chi connectivity index (χ1n) is 5.26. The van der Waals surface area contributed by atoms with Crippen molar-refractivity contribution in [2.45, 2.75) is 40.2 Å². The van der Waals surface area contributed by atoms with Gasteiger partial charge in [0.15, 0.2) is 5.78 Å². The Labute approximate surface area is 99.9 Å². The molecule has 5 nitrogen and oxygen atoms in total. The number of Topliss-reactive ketones (excluding diaryl/α,β-unsaturated/α-hetero) is 1. The summed E-state index contributed by atoms with van der Waals surface area (Å²) in [4.78, 5) is 23.4. The van der Waals surface area contributed by atoms with E-state index in [9.17, 15) is 9.59 Å². The molecule has 0 unspecified atom stereocenters. The molecule has 0 radical (unpaired) electrons. The molecule has 0 spiro atoms. The number of carbonyl (C=O) groups excluding carboxylic acids is 2. The number of ketones is 1. The molecule has 0 saturated carbocycles. The third-order valence-electron chi connectivity index (χ3n) is 2.07. The van der Waals surface area contributed by atoms with E-state index in [1.54, 1.807) is 27.7 Å². The average Bonchev–Trinajstić information content (AvgIpc) is 2.37. The van der Waals surface area contributed by atoms with Gasteiger partial charge in [-0.1, -0.05) is 0 Å². The number of carbonyl (C=O) groups is 2. The van der Waals surface area contributed by atoms with Crippen LogP contribution in [-0.2, 0) is 4.74 Å². The second kappa shape index (κ2) is 4.24. The maximum atomic E-state index is 11.9. The van der Waals surface area contributed by atoms with Crippen LogP contribution < -0.4 is 5.73 Å². The topological polar surface area (TPSA) is 82.5 Å². The minimum Gasteiger partial charge on any atom is -0.456 e. The zero-order valence-electron chi connectivity index (χ0n) is 10.7. The fourth-order valence-electron chi connectivity index (χ4n) is 1.52. The Balaban J connectivity index is 3.22. The van der Waals surface area contributed by atoms with Gasteiger partial charge in [-0.25, -0.2) is 4.79 Å². The number of hydrogen-bond donors (Lipinski definition) is 1. The zero-order valence-corrected chi connectivity index (χ0v) is 10.7. The van der Waals surface area contributed by atoms with Crippen LogP contribution in [0.1, 0.15) is 54.2 Å². The lowest BCUT2D eigenvalue weighted by atomic mass is 10.1. The van der Waals surface area contributed by atoms with E-state index in [0.717, 1.165) is 0 Å². The Bertz CT molecular complexity index is 466. The molecule has 0 saturated heterocycles. The molecule has 1 aromatic rings. The minimum atomic E-state index is -0.650. The van der Waals surface area contributed by atoms with Gasteiger partial charge in [0.25, 0.3) is 0 Å². The number of furan rings is 1. The number of nitrogens with two attached hydrogens (primary N) is 1. The van der Waals surface area contributed by atoms with Gasteiger partial charge in [-0.3, -0.25) is 4.79 Å². The van der Waals surface area contributed by atoms with Crippen molar-refractivity contribution in [1.82, 2.24) is 0 Å². The first-order valence-corrected chi connectivity index (χ1v) is 5.26. The van der Waals surface area contributed by atoms with Crippen LogP contribution in [0.25, 0.3) is 0 Å². The van der Waals surface area contributed by atoms with Gasteiger partial charge in [0, 0.05) is 0 Å². The third kappa shape index (κ3) is 2.87. The van der Waals surface area contributed by atoms with Crippen molar-refractivity contribution in [3.8, 4) is 0 Å². The highest BCUT2D eigenvalue weighted by atomic mass is 16.6. The fraction of sp³-hybridized carbons (Fsp3) is 0.500. The first kappa shape index (κ1) is 13.3. The van der Waals surface area contributed by atoms with Crippen molar-refractivity contribution in [3.63, 3.8) is 0 Å². The molecule has 17 heavy (non-hydrogen) atoms. The molecule has 1 aromatic heterocycles. The zero-order chi connectivity index (χ0) is 13.4. The van der Waals surface area contributed by atoms with Gasteiger partial charge in [-0.05, 0) is 34.6 Å². The fourth-order valence-corrected chi connectivity index (χ4v) is 1.52. The van der Waals surface area contributed by atoms with Crippen molar-refractivity contribution < 1.29 is 18.7 Å². The first-order chi connectivity index (χ1) is 7.63. The summed E-state index contributed by atoms with van der Waals surface area (Å²) in [7, 11) is 0. The number of aryl methyl sites for hydroxylation is 1. The Kier molecular flexibility index (Phi) is 3.31. The smallest absolute Gasteiger partial charge is 0.344 e. The molecule has 1 rings (SSSR count). The maximum Gasteiger partial charge on any atom is 0.344 e. The van der Waals surface area contributed by atoms with Crippen LogP contribution in [0.3, 0.4) is 0 Å². The highest BCUT2D eigenvalue weighted by molar-refractivity contribution is 6.08. The van der Waals surface area contributed by atoms with Gasteiger partial charge in [0.1, 0.15) is 16.9 Å². The van der Waals surface area contributed by atoms with Crippen molar-refractivity contribution in [3.05, 3.63) is 16.9 Å². The van der Waals surface area contributed by atoms with E-state index < -0.39 is 11.6 Å². The van der Waals surface area contributed by atoms with Crippen LogP contribution in [0, 0.1) is 6.92 Å². The summed E-state index contributed by atoms with van der Waals surface area (Å²) in [6, 6.07) is 0. The highest BCUT2D eigenvalue weighted by Crippen LogP contribution is 2.27. The number of ether oxygens (including phenoxy) is 1. The van der Waals surface area contributed by atoms with Crippen molar-refractivity contribution in [2.75, 3.05) is 5.73 Å². The molecule has 5 heteroatoms. The molecule has 94 valence electrons. The Morgan fingerprint density at radius 2 is 1.76 bits per heavy atom. The van der Waals surface area contributed by atoms with Crippen molar-refractivity contribution >= 4 is 17.6 Å². The molecule has 0 aliphatic heterocycles. The van der Waals surface area contributed by atoms with Gasteiger partial charge in [-0.2, -0.15) is 0 Å². The van der Waals surface area contributed by atoms with Crippen LogP contribution in [-0.4, -0.2) is 17.4 Å². The van der Waals surface area contributed by atoms with Crippen LogP contribution in [0.15, 0.2) is 4.42 Å². The summed E-state index contributed by atoms with van der Waals surface area (Å²) in [6.07, 6.45) is 0. The van der Waals surface area contributed by atoms with Gasteiger partial charge in [0.2, 0.25) is 5.88 Å². The number of esters is 1. The molecule has 0 aromatic carbocycles. The van der Waals surface area contributed by atoms with E-state index in [4.69, 9.17) is 14.9 Å². The average molecular weight is 239 g/mol. The number of anilines is 1. The van der Waals surface area contributed by atoms with E-state index in [1.165, 1.54) is 6.92 Å². The Hall–Kier alpha value is -1.78. The quantitative estimate of drug-likeness (QED) is 0.632. The molecule has 0 amide bonds. The van der Waals surface area contributed by atoms with Crippen LogP contribution in [0.2, 0.25) is 0 Å². The Morgan fingerprint density at radius 3 is 2.18 bits per heavy atom. The van der Waals surface area contributed by atoms with Crippen LogP contribution in [0.4, 0.5) is 5.88 Å². The molecule has 0 aliphatic carbocycles. The second-order valence-electron chi connectivity index (χ2n) is 4.83. The SMILES string of the molecule is CC(=O)c1c(C)oc(N)c1C(=O)OC(C)(C)C. The lowest BCUT2D eigenvalue weighted by Crippen LogP contribution is -2.25.